The van der Waals surface area contributed by atoms with Gasteiger partial charge < -0.3 is 15.1 Å². The third kappa shape index (κ3) is 3.62. The smallest absolute Gasteiger partial charge is 0.324 e. The Kier molecular flexibility index (Phi) is 5.21. The topological polar surface area (TPSA) is 44.5 Å². The summed E-state index contributed by atoms with van der Waals surface area (Å²) in [6.45, 7) is 5.61. The minimum atomic E-state index is 0.204. The van der Waals surface area contributed by atoms with Crippen LogP contribution in [0.25, 0.3) is 0 Å². The molecular weight excluding hydrogens is 249 g/mol. The summed E-state index contributed by atoms with van der Waals surface area (Å²) in [7, 11) is 0. The highest BCUT2D eigenvalue weighted by atomic mass is 16.5. The first-order valence-electron chi connectivity index (χ1n) is 6.92. The Morgan fingerprint density at radius 1 is 1.15 bits per heavy atom. The van der Waals surface area contributed by atoms with Crippen molar-refractivity contribution in [1.82, 2.24) is 0 Å². The van der Waals surface area contributed by atoms with Crippen LogP contribution in [0, 0.1) is 0 Å². The Hall–Kier alpha value is -1.78. The monoisotopic (exact) mass is 269 g/mol. The number of benzene rings is 2. The van der Waals surface area contributed by atoms with Crippen LogP contribution in [0.5, 0.6) is 11.5 Å². The van der Waals surface area contributed by atoms with E-state index in [1.54, 1.807) is 0 Å². The lowest BCUT2D eigenvalue weighted by Crippen LogP contribution is -2.23. The molecule has 104 valence electrons. The van der Waals surface area contributed by atoms with Crippen molar-refractivity contribution in [3.8, 4) is 11.5 Å². The van der Waals surface area contributed by atoms with E-state index in [2.05, 4.69) is 19.0 Å². The molecule has 4 heteroatoms. The molecule has 0 atom stereocenters. The van der Waals surface area contributed by atoms with Crippen LogP contribution < -0.4 is 15.9 Å². The Balaban J connectivity index is 0.000000452. The van der Waals surface area contributed by atoms with Crippen molar-refractivity contribution < 1.29 is 9.39 Å². The van der Waals surface area contributed by atoms with Gasteiger partial charge >= 0.3 is 6.92 Å². The van der Waals surface area contributed by atoms with Crippen LogP contribution >= 0.6 is 0 Å². The summed E-state index contributed by atoms with van der Waals surface area (Å²) in [5, 5.41) is 0. The third-order valence-electron chi connectivity index (χ3n) is 3.02. The van der Waals surface area contributed by atoms with E-state index < -0.39 is 0 Å². The quantitative estimate of drug-likeness (QED) is 0.852. The standard InChI is InChI=1S/C14H13BO2.C2H7N/c1-15-14-8-7-13(9-11(14)10-16-15)17-12-5-3-2-4-6-12;1-2-3/h2-9H,10H2,1H3;2-3H2,1H3. The van der Waals surface area contributed by atoms with E-state index in [4.69, 9.17) is 15.1 Å². The number of fused-ring (bicyclic) bond motifs is 1. The number of hydrogen-bond donors (Lipinski definition) is 1. The van der Waals surface area contributed by atoms with Crippen molar-refractivity contribution in [1.29, 1.82) is 0 Å². The highest BCUT2D eigenvalue weighted by molar-refractivity contribution is 6.67. The van der Waals surface area contributed by atoms with Crippen LogP contribution in [-0.2, 0) is 11.3 Å². The second kappa shape index (κ2) is 7.13. The van der Waals surface area contributed by atoms with Crippen LogP contribution in [0.2, 0.25) is 6.82 Å². The van der Waals surface area contributed by atoms with Crippen molar-refractivity contribution in [3.05, 3.63) is 54.1 Å². The fourth-order valence-corrected chi connectivity index (χ4v) is 2.10. The molecule has 2 aromatic carbocycles. The summed E-state index contributed by atoms with van der Waals surface area (Å²) in [4.78, 5) is 0. The van der Waals surface area contributed by atoms with Gasteiger partial charge in [0.05, 0.1) is 6.61 Å². The van der Waals surface area contributed by atoms with Gasteiger partial charge in [-0.2, -0.15) is 0 Å². The van der Waals surface area contributed by atoms with E-state index in [1.807, 2.05) is 43.3 Å². The molecule has 3 rings (SSSR count). The second-order valence-electron chi connectivity index (χ2n) is 4.64. The van der Waals surface area contributed by atoms with E-state index in [1.165, 1.54) is 11.0 Å². The first-order valence-corrected chi connectivity index (χ1v) is 6.92. The highest BCUT2D eigenvalue weighted by Gasteiger charge is 2.23. The summed E-state index contributed by atoms with van der Waals surface area (Å²) in [5.74, 6) is 1.73. The fraction of sp³-hybridized carbons (Fsp3) is 0.250. The maximum absolute atomic E-state index is 5.78. The second-order valence-corrected chi connectivity index (χ2v) is 4.64. The van der Waals surface area contributed by atoms with Gasteiger partial charge in [-0.3, -0.25) is 0 Å². The van der Waals surface area contributed by atoms with Crippen molar-refractivity contribution in [3.63, 3.8) is 0 Å². The normalized spacial score (nSPS) is 12.4. The molecule has 1 heterocycles. The van der Waals surface area contributed by atoms with E-state index in [-0.39, 0.29) is 6.92 Å². The van der Waals surface area contributed by atoms with E-state index in [0.717, 1.165) is 18.0 Å². The summed E-state index contributed by atoms with van der Waals surface area (Å²) in [6, 6.07) is 16.0. The number of hydrogen-bond acceptors (Lipinski definition) is 3. The number of nitrogens with two attached hydrogens (primary N) is 1. The van der Waals surface area contributed by atoms with Gasteiger partial charge in [-0.05, 0) is 41.8 Å². The zero-order valence-electron chi connectivity index (χ0n) is 12.0. The molecule has 0 saturated carbocycles. The molecule has 2 N–H and O–H groups in total. The largest absolute Gasteiger partial charge is 0.457 e. The molecular formula is C16H20BNO2. The van der Waals surface area contributed by atoms with Crippen molar-refractivity contribution in [2.45, 2.75) is 20.4 Å². The van der Waals surface area contributed by atoms with Gasteiger partial charge in [0.1, 0.15) is 11.5 Å². The number of ether oxygens (including phenoxy) is 1. The maximum atomic E-state index is 5.78. The molecule has 0 aliphatic carbocycles. The van der Waals surface area contributed by atoms with Gasteiger partial charge in [0, 0.05) is 0 Å². The molecule has 0 bridgehead atoms. The van der Waals surface area contributed by atoms with E-state index in [0.29, 0.717) is 6.61 Å². The first-order chi connectivity index (χ1) is 9.74. The SMILES string of the molecule is CB1OCc2cc(Oc3ccccc3)ccc21.CCN. The van der Waals surface area contributed by atoms with Crippen molar-refractivity contribution in [2.75, 3.05) is 6.54 Å². The zero-order chi connectivity index (χ0) is 14.4. The van der Waals surface area contributed by atoms with Gasteiger partial charge in [-0.15, -0.1) is 0 Å². The average molecular weight is 269 g/mol. The minimum Gasteiger partial charge on any atom is -0.457 e. The Morgan fingerprint density at radius 3 is 2.55 bits per heavy atom. The molecule has 0 radical (unpaired) electrons. The maximum Gasteiger partial charge on any atom is 0.324 e. The van der Waals surface area contributed by atoms with Gasteiger partial charge in [0.25, 0.3) is 0 Å². The molecule has 0 spiro atoms. The first kappa shape index (κ1) is 14.6. The van der Waals surface area contributed by atoms with E-state index in [9.17, 15) is 0 Å². The van der Waals surface area contributed by atoms with Gasteiger partial charge in [0.15, 0.2) is 0 Å². The number of rotatable bonds is 2. The summed E-state index contributed by atoms with van der Waals surface area (Å²) in [5.41, 5.74) is 7.34. The minimum absolute atomic E-state index is 0.204. The molecule has 0 amide bonds. The Morgan fingerprint density at radius 2 is 1.85 bits per heavy atom. The lowest BCUT2D eigenvalue weighted by Gasteiger charge is -2.07. The molecule has 0 saturated heterocycles. The Labute approximate surface area is 120 Å². The van der Waals surface area contributed by atoms with Crippen LogP contribution in [-0.4, -0.2) is 13.5 Å². The molecule has 1 aliphatic rings. The Bertz CT molecular complexity index is 545. The predicted molar refractivity (Wildman–Crippen MR) is 83.7 cm³/mol. The van der Waals surface area contributed by atoms with Crippen LogP contribution in [0.4, 0.5) is 0 Å². The molecule has 0 fully saturated rings. The highest BCUT2D eigenvalue weighted by Crippen LogP contribution is 2.23. The molecule has 20 heavy (non-hydrogen) atoms. The van der Waals surface area contributed by atoms with Gasteiger partial charge in [0.2, 0.25) is 0 Å². The molecule has 2 aromatic rings. The molecule has 0 aromatic heterocycles. The summed E-state index contributed by atoms with van der Waals surface area (Å²) in [6.07, 6.45) is 0. The predicted octanol–water partition coefficient (Wildman–Crippen LogP) is 2.80. The van der Waals surface area contributed by atoms with Gasteiger partial charge in [-0.25, -0.2) is 0 Å². The van der Waals surface area contributed by atoms with Crippen molar-refractivity contribution in [2.24, 2.45) is 5.73 Å². The molecule has 3 nitrogen and oxygen atoms in total. The lowest BCUT2D eigenvalue weighted by atomic mass is 9.64. The van der Waals surface area contributed by atoms with Crippen LogP contribution in [0.15, 0.2) is 48.5 Å². The fourth-order valence-electron chi connectivity index (χ4n) is 2.10. The number of para-hydroxylation sites is 1. The summed E-state index contributed by atoms with van der Waals surface area (Å²) >= 11 is 0. The van der Waals surface area contributed by atoms with E-state index >= 15 is 0 Å². The van der Waals surface area contributed by atoms with Crippen molar-refractivity contribution >= 4 is 12.4 Å². The average Bonchev–Trinajstić information content (AvgIpc) is 2.82. The molecule has 1 aliphatic heterocycles. The lowest BCUT2D eigenvalue weighted by molar-refractivity contribution is 0.333. The third-order valence-corrected chi connectivity index (χ3v) is 3.02. The molecule has 0 unspecified atom stereocenters. The van der Waals surface area contributed by atoms with Crippen LogP contribution in [0.3, 0.4) is 0 Å². The zero-order valence-corrected chi connectivity index (χ0v) is 12.0. The van der Waals surface area contributed by atoms with Crippen LogP contribution in [0.1, 0.15) is 12.5 Å². The summed E-state index contributed by atoms with van der Waals surface area (Å²) < 4.78 is 11.4. The van der Waals surface area contributed by atoms with Gasteiger partial charge in [-0.1, -0.05) is 38.0 Å².